The Hall–Kier alpha value is -5.19. The number of phenolic OH excluding ortho intramolecular Hbond substituents is 1. The molecule has 0 aromatic heterocycles. The van der Waals surface area contributed by atoms with Crippen molar-refractivity contribution >= 4 is 17.7 Å². The van der Waals surface area contributed by atoms with E-state index in [2.05, 4.69) is 77.5 Å². The fourth-order valence-corrected chi connectivity index (χ4v) is 11.3. The second-order valence-electron chi connectivity index (χ2n) is 15.8. The van der Waals surface area contributed by atoms with Gasteiger partial charge in [0.25, 0.3) is 0 Å². The van der Waals surface area contributed by atoms with Crippen molar-refractivity contribution < 1.29 is 38.3 Å². The topological polar surface area (TPSA) is 123 Å². The van der Waals surface area contributed by atoms with Crippen LogP contribution < -0.4 is 18.9 Å². The van der Waals surface area contributed by atoms with Gasteiger partial charge >= 0.3 is 5.97 Å². The quantitative estimate of drug-likeness (QED) is 0.0972. The van der Waals surface area contributed by atoms with Crippen molar-refractivity contribution in [2.75, 3.05) is 47.2 Å². The molecule has 1 N–H and O–H groups in total. The Morgan fingerprint density at radius 1 is 1.00 bits per heavy atom. The summed E-state index contributed by atoms with van der Waals surface area (Å²) in [6.45, 7) is 5.55. The molecular formula is C46H47N3O8S. The van der Waals surface area contributed by atoms with Crippen LogP contribution in [0.2, 0.25) is 0 Å². The van der Waals surface area contributed by atoms with E-state index in [4.69, 9.17) is 28.4 Å². The average Bonchev–Trinajstić information content (AvgIpc) is 3.85. The number of hydrogen-bond acceptors (Lipinski definition) is 12. The number of carbonyl (C=O) groups is 1. The molecule has 12 heteroatoms. The van der Waals surface area contributed by atoms with Crippen LogP contribution in [0.5, 0.6) is 28.7 Å². The molecule has 4 aliphatic heterocycles. The van der Waals surface area contributed by atoms with E-state index in [1.807, 2.05) is 19.3 Å². The van der Waals surface area contributed by atoms with E-state index in [1.54, 1.807) is 32.9 Å². The molecule has 4 heterocycles. The van der Waals surface area contributed by atoms with Gasteiger partial charge in [0, 0.05) is 58.7 Å². The monoisotopic (exact) mass is 801 g/mol. The smallest absolute Gasteiger partial charge is 0.334 e. The number of likely N-dealkylation sites (N-methyl/N-ethyl adjacent to an activating group) is 1. The number of benzene rings is 4. The average molecular weight is 802 g/mol. The Morgan fingerprint density at radius 2 is 1.71 bits per heavy atom. The van der Waals surface area contributed by atoms with Crippen molar-refractivity contribution in [2.45, 2.75) is 69.7 Å². The summed E-state index contributed by atoms with van der Waals surface area (Å²) in [7, 11) is 5.27. The Labute approximate surface area is 343 Å². The summed E-state index contributed by atoms with van der Waals surface area (Å²) in [6.07, 6.45) is 0.981. The molecule has 4 aromatic carbocycles. The number of carbonyl (C=O) groups excluding carboxylic acids is 1. The first-order chi connectivity index (χ1) is 28.2. The molecule has 58 heavy (non-hydrogen) atoms. The summed E-state index contributed by atoms with van der Waals surface area (Å²) in [5.74, 6) is 2.87. The molecule has 1 fully saturated rings. The fraction of sp³-hybridized carbons (Fsp3) is 0.391. The van der Waals surface area contributed by atoms with Crippen LogP contribution in [0.15, 0.2) is 65.6 Å². The second kappa shape index (κ2) is 15.2. The fourth-order valence-electron chi connectivity index (χ4n) is 10.3. The number of thioether (sulfide) groups is 1. The maximum Gasteiger partial charge on any atom is 0.334 e. The number of phenols is 1. The van der Waals surface area contributed by atoms with Gasteiger partial charge in [0.1, 0.15) is 18.4 Å². The minimum absolute atomic E-state index is 0.000594. The van der Waals surface area contributed by atoms with Crippen LogP contribution >= 0.6 is 11.8 Å². The second-order valence-corrected chi connectivity index (χ2v) is 16.7. The number of methoxy groups -OCH3 is 2. The zero-order chi connectivity index (χ0) is 40.4. The summed E-state index contributed by atoms with van der Waals surface area (Å²) in [5, 5.41) is 24.8. The third-order valence-electron chi connectivity index (χ3n) is 12.8. The minimum atomic E-state index is -0.632. The normalized spacial score (nSPS) is 22.9. The lowest BCUT2D eigenvalue weighted by Crippen LogP contribution is -2.68. The summed E-state index contributed by atoms with van der Waals surface area (Å²) in [4.78, 5) is 18.4. The van der Waals surface area contributed by atoms with Crippen LogP contribution in [-0.2, 0) is 27.1 Å². The molecule has 1 saturated heterocycles. The number of piperazine rings is 1. The zero-order valence-corrected chi connectivity index (χ0v) is 34.4. The first kappa shape index (κ1) is 38.3. The van der Waals surface area contributed by atoms with Crippen LogP contribution in [0, 0.1) is 25.2 Å². The summed E-state index contributed by atoms with van der Waals surface area (Å²) in [6, 6.07) is 19.8. The third-order valence-corrected chi connectivity index (χ3v) is 13.8. The predicted octanol–water partition coefficient (Wildman–Crippen LogP) is 7.49. The Bertz CT molecular complexity index is 2350. The van der Waals surface area contributed by atoms with E-state index in [0.29, 0.717) is 58.1 Å². The van der Waals surface area contributed by atoms with E-state index in [0.717, 1.165) is 22.4 Å². The molecule has 0 radical (unpaired) electrons. The molecule has 5 aliphatic rings. The van der Waals surface area contributed by atoms with Crippen molar-refractivity contribution in [1.82, 2.24) is 9.80 Å². The summed E-state index contributed by atoms with van der Waals surface area (Å²) in [5.41, 5.74) is 10.5. The maximum atomic E-state index is 13.9. The molecule has 0 saturated carbocycles. The van der Waals surface area contributed by atoms with Gasteiger partial charge in [-0.1, -0.05) is 54.6 Å². The number of ether oxygens (including phenoxy) is 6. The molecule has 0 amide bonds. The van der Waals surface area contributed by atoms with E-state index in [9.17, 15) is 15.2 Å². The number of aromatic hydroxyl groups is 1. The minimum Gasteiger partial charge on any atom is -0.507 e. The maximum absolute atomic E-state index is 13.9. The van der Waals surface area contributed by atoms with E-state index in [-0.39, 0.29) is 50.0 Å². The number of esters is 1. The van der Waals surface area contributed by atoms with Crippen LogP contribution in [0.3, 0.4) is 0 Å². The van der Waals surface area contributed by atoms with Crippen LogP contribution in [0.1, 0.15) is 69.4 Å². The zero-order valence-electron chi connectivity index (χ0n) is 33.5. The highest BCUT2D eigenvalue weighted by Gasteiger charge is 2.57. The number of rotatable bonds is 10. The Morgan fingerprint density at radius 3 is 2.40 bits per heavy atom. The van der Waals surface area contributed by atoms with Gasteiger partial charge in [0.05, 0.1) is 25.3 Å². The molecule has 2 bridgehead atoms. The molecule has 5 atom stereocenters. The van der Waals surface area contributed by atoms with Gasteiger partial charge in [0.2, 0.25) is 6.79 Å². The Balaban J connectivity index is 1.06. The first-order valence-corrected chi connectivity index (χ1v) is 20.7. The number of nitriles is 1. The molecule has 4 aromatic rings. The largest absolute Gasteiger partial charge is 0.507 e. The van der Waals surface area contributed by atoms with Crippen LogP contribution in [0.4, 0.5) is 0 Å². The summed E-state index contributed by atoms with van der Waals surface area (Å²) >= 11 is 1.60. The molecule has 9 rings (SSSR count). The molecule has 0 spiro atoms. The number of aryl methyl sites for hydroxylation is 1. The van der Waals surface area contributed by atoms with Crippen molar-refractivity contribution in [2.24, 2.45) is 0 Å². The molecule has 1 aliphatic carbocycles. The van der Waals surface area contributed by atoms with Gasteiger partial charge in [-0.2, -0.15) is 5.26 Å². The van der Waals surface area contributed by atoms with Crippen molar-refractivity contribution in [3.63, 3.8) is 0 Å². The lowest BCUT2D eigenvalue weighted by atomic mass is 9.71. The van der Waals surface area contributed by atoms with Gasteiger partial charge in [-0.15, -0.1) is 11.8 Å². The third kappa shape index (κ3) is 5.93. The number of fused-ring (bicyclic) bond motifs is 12. The van der Waals surface area contributed by atoms with E-state index >= 15 is 0 Å². The highest BCUT2D eigenvalue weighted by molar-refractivity contribution is 8.02. The Kier molecular flexibility index (Phi) is 10.0. The summed E-state index contributed by atoms with van der Waals surface area (Å²) < 4.78 is 35.9. The standard InChI is InChI=1S/C46H47N3O8S/c1-24-15-27-16-34-36(18-47)49-35(40(48(34)4)38(27)44(42(24)53-6)55-22-52-5)17-32-39(45-43(56-23-57-45)26(3)41(32)50)37(49)19-54-46(51)25(2)20-58-21-33-30-13-9-7-11-28(30)29-12-8-10-14-31(29)33/h7-15,20,33-37,40,50H,16-17,19,21-23H2,1-6H3/b25-20-/t34-,35?,36+,37+,40+/m1/s1. The lowest BCUT2D eigenvalue weighted by molar-refractivity contribution is -0.144. The SMILES string of the molecule is COCOc1c(OC)c(C)cc2c1[C@@H]1C3Cc4c(O)c(C)c5c(c4[C@H](COC(=O)/C(C)=C\SCC4c6ccccc6-c6ccccc64)N3[C@@H](C#N)[C@@H](C2)N1C)OCO5. The molecule has 1 unspecified atom stereocenters. The first-order valence-electron chi connectivity index (χ1n) is 19.7. The lowest BCUT2D eigenvalue weighted by Gasteiger charge is -2.59. The molecule has 11 nitrogen and oxygen atoms in total. The predicted molar refractivity (Wildman–Crippen MR) is 220 cm³/mol. The van der Waals surface area contributed by atoms with Crippen LogP contribution in [-0.4, -0.2) is 86.2 Å². The highest BCUT2D eigenvalue weighted by atomic mass is 32.2. The van der Waals surface area contributed by atoms with Gasteiger partial charge in [-0.05, 0) is 79.4 Å². The molecular weight excluding hydrogens is 755 g/mol. The van der Waals surface area contributed by atoms with Gasteiger partial charge in [0.15, 0.2) is 29.8 Å². The highest BCUT2D eigenvalue weighted by Crippen LogP contribution is 2.58. The van der Waals surface area contributed by atoms with Crippen molar-refractivity contribution in [3.8, 4) is 45.9 Å². The number of hydrogen-bond donors (Lipinski definition) is 1. The van der Waals surface area contributed by atoms with Crippen molar-refractivity contribution in [1.29, 1.82) is 5.26 Å². The molecule has 300 valence electrons. The van der Waals surface area contributed by atoms with Gasteiger partial charge in [-0.3, -0.25) is 9.80 Å². The van der Waals surface area contributed by atoms with Crippen molar-refractivity contribution in [3.05, 3.63) is 110 Å². The number of nitrogens with zero attached hydrogens (tertiary/aromatic N) is 3. The van der Waals surface area contributed by atoms with E-state index in [1.165, 1.54) is 22.3 Å². The van der Waals surface area contributed by atoms with Crippen LogP contribution in [0.25, 0.3) is 11.1 Å². The van der Waals surface area contributed by atoms with E-state index < -0.39 is 18.1 Å². The van der Waals surface area contributed by atoms with Gasteiger partial charge < -0.3 is 33.5 Å². The van der Waals surface area contributed by atoms with Gasteiger partial charge in [-0.25, -0.2) is 4.79 Å².